The molecule has 0 radical (unpaired) electrons. The number of phenols is 1. The van der Waals surface area contributed by atoms with E-state index >= 15 is 0 Å². The first-order chi connectivity index (χ1) is 11.2. The van der Waals surface area contributed by atoms with E-state index in [-0.39, 0.29) is 5.75 Å². The van der Waals surface area contributed by atoms with Crippen molar-refractivity contribution in [2.75, 3.05) is 0 Å². The standard InChI is InChI=1S/C19H15N2OP/c22-15-11-10-12-6-4-5-9-14(12)16(15)18-20-17(19(23)21-18)13-7-2-1-3-8-13/h1-11,22H,23H2,(H,20,21). The third-order valence-electron chi connectivity index (χ3n) is 3.94. The van der Waals surface area contributed by atoms with E-state index in [1.807, 2.05) is 60.7 Å². The number of phenolic OH excluding ortho intramolecular Hbond substituents is 1. The van der Waals surface area contributed by atoms with E-state index < -0.39 is 0 Å². The minimum absolute atomic E-state index is 0.224. The molecule has 1 aromatic heterocycles. The van der Waals surface area contributed by atoms with Crippen molar-refractivity contribution in [1.29, 1.82) is 0 Å². The zero-order valence-electron chi connectivity index (χ0n) is 12.3. The SMILES string of the molecule is Oc1ccc2ccccc2c1-c1nc(P)c(-c2ccccc2)[nH]1. The van der Waals surface area contributed by atoms with Crippen molar-refractivity contribution in [3.63, 3.8) is 0 Å². The maximum Gasteiger partial charge on any atom is 0.142 e. The molecule has 1 atom stereocenters. The summed E-state index contributed by atoms with van der Waals surface area (Å²) in [5.74, 6) is 0.894. The molecule has 0 fully saturated rings. The Morgan fingerprint density at radius 2 is 1.61 bits per heavy atom. The Morgan fingerprint density at radius 1 is 0.870 bits per heavy atom. The van der Waals surface area contributed by atoms with E-state index in [1.165, 1.54) is 0 Å². The molecule has 1 heterocycles. The van der Waals surface area contributed by atoms with Crippen molar-refractivity contribution in [3.05, 3.63) is 66.7 Å². The molecule has 0 aliphatic rings. The van der Waals surface area contributed by atoms with Gasteiger partial charge < -0.3 is 10.1 Å². The molecule has 0 amide bonds. The van der Waals surface area contributed by atoms with Gasteiger partial charge in [-0.25, -0.2) is 4.98 Å². The Hall–Kier alpha value is -2.64. The summed E-state index contributed by atoms with van der Waals surface area (Å²) in [5.41, 5.74) is 3.57. The first-order valence-corrected chi connectivity index (χ1v) is 7.94. The highest BCUT2D eigenvalue weighted by molar-refractivity contribution is 7.27. The smallest absolute Gasteiger partial charge is 0.142 e. The van der Waals surface area contributed by atoms with E-state index in [4.69, 9.17) is 0 Å². The first kappa shape index (κ1) is 14.0. The number of benzene rings is 3. The molecule has 0 aliphatic heterocycles. The van der Waals surface area contributed by atoms with Crippen LogP contribution in [-0.4, -0.2) is 15.1 Å². The monoisotopic (exact) mass is 318 g/mol. The molecule has 0 saturated carbocycles. The fourth-order valence-electron chi connectivity index (χ4n) is 2.84. The summed E-state index contributed by atoms with van der Waals surface area (Å²) in [6.07, 6.45) is 0. The van der Waals surface area contributed by atoms with Gasteiger partial charge in [-0.05, 0) is 16.8 Å². The van der Waals surface area contributed by atoms with Gasteiger partial charge in [-0.1, -0.05) is 69.9 Å². The number of aromatic amines is 1. The summed E-state index contributed by atoms with van der Waals surface area (Å²) < 4.78 is 0. The average molecular weight is 318 g/mol. The van der Waals surface area contributed by atoms with Crippen LogP contribution in [0.2, 0.25) is 0 Å². The lowest BCUT2D eigenvalue weighted by atomic mass is 10.0. The third-order valence-corrected chi connectivity index (χ3v) is 4.36. The van der Waals surface area contributed by atoms with Crippen LogP contribution in [0.1, 0.15) is 0 Å². The zero-order valence-corrected chi connectivity index (χ0v) is 13.5. The van der Waals surface area contributed by atoms with Gasteiger partial charge in [0.25, 0.3) is 0 Å². The molecule has 0 bridgehead atoms. The number of hydrogen-bond donors (Lipinski definition) is 2. The van der Waals surface area contributed by atoms with E-state index in [1.54, 1.807) is 6.07 Å². The summed E-state index contributed by atoms with van der Waals surface area (Å²) >= 11 is 0. The highest BCUT2D eigenvalue weighted by atomic mass is 31.0. The van der Waals surface area contributed by atoms with Gasteiger partial charge in [-0.3, -0.25) is 0 Å². The molecule has 1 unspecified atom stereocenters. The summed E-state index contributed by atoms with van der Waals surface area (Å²) in [7, 11) is 2.66. The fourth-order valence-corrected chi connectivity index (χ4v) is 3.21. The number of nitrogens with one attached hydrogen (secondary N) is 1. The normalized spacial score (nSPS) is 11.0. The fraction of sp³-hybridized carbons (Fsp3) is 0. The van der Waals surface area contributed by atoms with Crippen molar-refractivity contribution in [1.82, 2.24) is 9.97 Å². The molecule has 3 aromatic carbocycles. The number of H-pyrrole nitrogens is 1. The van der Waals surface area contributed by atoms with Crippen LogP contribution in [-0.2, 0) is 0 Å². The van der Waals surface area contributed by atoms with Gasteiger partial charge in [-0.2, -0.15) is 0 Å². The lowest BCUT2D eigenvalue weighted by Crippen LogP contribution is -1.94. The number of hydrogen-bond acceptors (Lipinski definition) is 2. The lowest BCUT2D eigenvalue weighted by molar-refractivity contribution is 0.477. The van der Waals surface area contributed by atoms with Crippen LogP contribution in [0.4, 0.5) is 0 Å². The number of imidazole rings is 1. The quantitative estimate of drug-likeness (QED) is 0.547. The van der Waals surface area contributed by atoms with E-state index in [9.17, 15) is 5.11 Å². The third kappa shape index (κ3) is 2.39. The maximum atomic E-state index is 10.4. The molecule has 4 heteroatoms. The molecule has 0 spiro atoms. The number of fused-ring (bicyclic) bond motifs is 1. The molecule has 4 rings (SSSR count). The molecule has 0 aliphatic carbocycles. The van der Waals surface area contributed by atoms with Crippen LogP contribution in [0.3, 0.4) is 0 Å². The van der Waals surface area contributed by atoms with Crippen LogP contribution in [0.5, 0.6) is 5.75 Å². The van der Waals surface area contributed by atoms with Gasteiger partial charge in [0.1, 0.15) is 11.6 Å². The highest BCUT2D eigenvalue weighted by Crippen LogP contribution is 2.35. The van der Waals surface area contributed by atoms with Gasteiger partial charge in [0.05, 0.1) is 16.7 Å². The summed E-state index contributed by atoms with van der Waals surface area (Å²) in [4.78, 5) is 7.97. The Labute approximate surface area is 136 Å². The van der Waals surface area contributed by atoms with Crippen molar-refractivity contribution in [3.8, 4) is 28.4 Å². The Morgan fingerprint density at radius 3 is 2.43 bits per heavy atom. The summed E-state index contributed by atoms with van der Waals surface area (Å²) in [6.45, 7) is 0. The van der Waals surface area contributed by atoms with Crippen LogP contribution < -0.4 is 5.44 Å². The van der Waals surface area contributed by atoms with Gasteiger partial charge >= 0.3 is 0 Å². The van der Waals surface area contributed by atoms with E-state index in [0.29, 0.717) is 5.82 Å². The number of nitrogens with zero attached hydrogens (tertiary/aromatic N) is 1. The van der Waals surface area contributed by atoms with Gasteiger partial charge in [-0.15, -0.1) is 0 Å². The molecule has 4 aromatic rings. The minimum Gasteiger partial charge on any atom is -0.507 e. The first-order valence-electron chi connectivity index (χ1n) is 7.36. The number of aromatic nitrogens is 2. The average Bonchev–Trinajstić information content (AvgIpc) is 2.97. The van der Waals surface area contributed by atoms with Crippen molar-refractivity contribution < 1.29 is 5.11 Å². The molecule has 0 saturated heterocycles. The maximum absolute atomic E-state index is 10.4. The molecular formula is C19H15N2OP. The van der Waals surface area contributed by atoms with Crippen LogP contribution in [0, 0.1) is 0 Å². The minimum atomic E-state index is 0.224. The number of aromatic hydroxyl groups is 1. The van der Waals surface area contributed by atoms with Crippen molar-refractivity contribution in [2.24, 2.45) is 0 Å². The van der Waals surface area contributed by atoms with Gasteiger partial charge in [0.2, 0.25) is 0 Å². The van der Waals surface area contributed by atoms with E-state index in [0.717, 1.165) is 33.0 Å². The molecule has 2 N–H and O–H groups in total. The molecular weight excluding hydrogens is 303 g/mol. The van der Waals surface area contributed by atoms with Crippen molar-refractivity contribution >= 4 is 25.4 Å². The van der Waals surface area contributed by atoms with Gasteiger partial charge in [0, 0.05) is 5.56 Å². The number of rotatable bonds is 2. The van der Waals surface area contributed by atoms with Crippen LogP contribution >= 0.6 is 9.24 Å². The van der Waals surface area contributed by atoms with Crippen LogP contribution in [0.15, 0.2) is 66.7 Å². The molecule has 23 heavy (non-hydrogen) atoms. The van der Waals surface area contributed by atoms with Crippen molar-refractivity contribution in [2.45, 2.75) is 0 Å². The Kier molecular flexibility index (Phi) is 3.36. The summed E-state index contributed by atoms with van der Waals surface area (Å²) in [6, 6.07) is 21.7. The zero-order chi connectivity index (χ0) is 15.8. The van der Waals surface area contributed by atoms with E-state index in [2.05, 4.69) is 19.2 Å². The largest absolute Gasteiger partial charge is 0.507 e. The van der Waals surface area contributed by atoms with Crippen LogP contribution in [0.25, 0.3) is 33.4 Å². The molecule has 112 valence electrons. The second-order valence-electron chi connectivity index (χ2n) is 5.39. The topological polar surface area (TPSA) is 48.9 Å². The van der Waals surface area contributed by atoms with Gasteiger partial charge in [0.15, 0.2) is 0 Å². The lowest BCUT2D eigenvalue weighted by Gasteiger charge is -2.06. The predicted molar refractivity (Wildman–Crippen MR) is 98.0 cm³/mol. The Bertz CT molecular complexity index is 993. The Balaban J connectivity index is 1.95. The molecule has 3 nitrogen and oxygen atoms in total. The second-order valence-corrected chi connectivity index (χ2v) is 5.94. The second kappa shape index (κ2) is 5.53. The predicted octanol–water partition coefficient (Wildman–Crippen LogP) is 4.10. The highest BCUT2D eigenvalue weighted by Gasteiger charge is 2.15. The summed E-state index contributed by atoms with van der Waals surface area (Å²) in [5, 5.41) is 12.4.